The van der Waals surface area contributed by atoms with Crippen molar-refractivity contribution in [2.24, 2.45) is 0 Å². The quantitative estimate of drug-likeness (QED) is 0.390. The van der Waals surface area contributed by atoms with Crippen molar-refractivity contribution in [1.29, 1.82) is 0 Å². The Hall–Kier alpha value is -0.130. The molecule has 0 saturated heterocycles. The van der Waals surface area contributed by atoms with Gasteiger partial charge in [0.15, 0.2) is 0 Å². The third kappa shape index (κ3) is 2.55. The van der Waals surface area contributed by atoms with Gasteiger partial charge in [-0.05, 0) is 11.6 Å². The molecule has 42 valence electrons. The summed E-state index contributed by atoms with van der Waals surface area (Å²) in [7, 11) is -4.61. The van der Waals surface area contributed by atoms with Gasteiger partial charge in [-0.1, -0.05) is 0 Å². The van der Waals surface area contributed by atoms with Gasteiger partial charge in [-0.2, -0.15) is 8.42 Å². The van der Waals surface area contributed by atoms with Crippen molar-refractivity contribution >= 4 is 26.3 Å². The minimum atomic E-state index is -4.61. The first kappa shape index (κ1) is 6.87. The Labute approximate surface area is 44.8 Å². The standard InChI is InChI=1S/CHClO4S/c2-1(3)7(4,5)6/h(H,4,5,6). The summed E-state index contributed by atoms with van der Waals surface area (Å²) in [6.45, 7) is 0. The van der Waals surface area contributed by atoms with Gasteiger partial charge in [0.2, 0.25) is 0 Å². The number of halogens is 1. The van der Waals surface area contributed by atoms with Crippen molar-refractivity contribution in [3.05, 3.63) is 0 Å². The van der Waals surface area contributed by atoms with E-state index in [4.69, 9.17) is 4.55 Å². The van der Waals surface area contributed by atoms with E-state index in [-0.39, 0.29) is 0 Å². The zero-order valence-electron chi connectivity index (χ0n) is 2.96. The highest BCUT2D eigenvalue weighted by atomic mass is 35.5. The summed E-state index contributed by atoms with van der Waals surface area (Å²) in [4.78, 5) is 9.39. The molecule has 1 N–H and O–H groups in total. The fourth-order valence-electron chi connectivity index (χ4n) is 0. The largest absolute Gasteiger partial charge is 0.363 e. The van der Waals surface area contributed by atoms with Crippen LogP contribution in [0.1, 0.15) is 0 Å². The molecule has 0 fully saturated rings. The van der Waals surface area contributed by atoms with Crippen molar-refractivity contribution in [2.75, 3.05) is 0 Å². The molecule has 0 saturated carbocycles. The minimum Gasteiger partial charge on any atom is -0.279 e. The summed E-state index contributed by atoms with van der Waals surface area (Å²) in [5, 5.41) is 0. The molecule has 0 radical (unpaired) electrons. The van der Waals surface area contributed by atoms with E-state index in [2.05, 4.69) is 11.6 Å². The molecule has 0 atom stereocenters. The third-order valence-corrected chi connectivity index (χ3v) is 1.19. The Morgan fingerprint density at radius 1 is 1.57 bits per heavy atom. The highest BCUT2D eigenvalue weighted by Gasteiger charge is 2.12. The average molecular weight is 145 g/mol. The van der Waals surface area contributed by atoms with Crippen LogP contribution in [0.15, 0.2) is 0 Å². The van der Waals surface area contributed by atoms with Gasteiger partial charge in [0, 0.05) is 0 Å². The zero-order chi connectivity index (χ0) is 6.08. The van der Waals surface area contributed by atoms with E-state index in [1.54, 1.807) is 0 Å². The number of carbonyl (C=O) groups excluding carboxylic acids is 1. The maximum Gasteiger partial charge on any atom is 0.363 e. The molecule has 0 aliphatic heterocycles. The van der Waals surface area contributed by atoms with Crippen LogP contribution in [0.25, 0.3) is 0 Å². The summed E-state index contributed by atoms with van der Waals surface area (Å²) < 4.78 is 24.6. The molecule has 0 heterocycles. The van der Waals surface area contributed by atoms with Gasteiger partial charge in [0.25, 0.3) is 0 Å². The second-order valence-electron chi connectivity index (χ2n) is 0.713. The minimum absolute atomic E-state index is 1.76. The van der Waals surface area contributed by atoms with Crippen molar-refractivity contribution in [1.82, 2.24) is 0 Å². The molecule has 0 bridgehead atoms. The first-order valence-corrected chi connectivity index (χ1v) is 2.93. The molecule has 0 amide bonds. The van der Waals surface area contributed by atoms with Crippen LogP contribution < -0.4 is 0 Å². The van der Waals surface area contributed by atoms with Gasteiger partial charge < -0.3 is 0 Å². The maximum absolute atomic E-state index is 9.41. The molecule has 4 nitrogen and oxygen atoms in total. The Kier molecular flexibility index (Phi) is 1.74. The van der Waals surface area contributed by atoms with Crippen molar-refractivity contribution in [3.8, 4) is 0 Å². The highest BCUT2D eigenvalue weighted by Crippen LogP contribution is 1.90. The van der Waals surface area contributed by atoms with E-state index in [0.29, 0.717) is 0 Å². The van der Waals surface area contributed by atoms with Crippen LogP contribution in [-0.4, -0.2) is 17.5 Å². The summed E-state index contributed by atoms with van der Waals surface area (Å²) in [6, 6.07) is 0. The Bertz CT molecular complexity index is 166. The lowest BCUT2D eigenvalue weighted by Gasteiger charge is -1.77. The van der Waals surface area contributed by atoms with E-state index in [1.807, 2.05) is 0 Å². The lowest BCUT2D eigenvalue weighted by molar-refractivity contribution is 0.271. The van der Waals surface area contributed by atoms with Crippen LogP contribution in [0.4, 0.5) is 4.79 Å². The molecule has 0 aliphatic rings. The normalized spacial score (nSPS) is 11.1. The highest BCUT2D eigenvalue weighted by molar-refractivity contribution is 8.04. The summed E-state index contributed by atoms with van der Waals surface area (Å²) in [6.07, 6.45) is 0. The van der Waals surface area contributed by atoms with Gasteiger partial charge in [0.05, 0.1) is 0 Å². The number of hydrogen-bond acceptors (Lipinski definition) is 3. The second-order valence-corrected chi connectivity index (χ2v) is 2.60. The summed E-state index contributed by atoms with van der Waals surface area (Å²) >= 11 is 4.28. The Morgan fingerprint density at radius 2 is 1.71 bits per heavy atom. The molecule has 7 heavy (non-hydrogen) atoms. The molecular weight excluding hydrogens is 144 g/mol. The first-order chi connectivity index (χ1) is 2.94. The van der Waals surface area contributed by atoms with Gasteiger partial charge in [-0.3, -0.25) is 9.35 Å². The molecule has 0 aromatic heterocycles. The van der Waals surface area contributed by atoms with Crippen LogP contribution in [-0.2, 0) is 10.1 Å². The van der Waals surface area contributed by atoms with Crippen LogP contribution in [0.2, 0.25) is 0 Å². The van der Waals surface area contributed by atoms with Gasteiger partial charge >= 0.3 is 14.7 Å². The van der Waals surface area contributed by atoms with Crippen LogP contribution in [0.5, 0.6) is 0 Å². The van der Waals surface area contributed by atoms with Crippen molar-refractivity contribution < 1.29 is 17.8 Å². The van der Waals surface area contributed by atoms with Crippen LogP contribution in [0, 0.1) is 0 Å². The Morgan fingerprint density at radius 3 is 1.71 bits per heavy atom. The number of rotatable bonds is 0. The molecule has 0 rings (SSSR count). The lowest BCUT2D eigenvalue weighted by Crippen LogP contribution is -2.02. The van der Waals surface area contributed by atoms with Crippen molar-refractivity contribution in [3.63, 3.8) is 0 Å². The average Bonchev–Trinajstić information content (AvgIpc) is 1.31. The first-order valence-electron chi connectivity index (χ1n) is 1.11. The number of hydrogen-bond donors (Lipinski definition) is 1. The summed E-state index contributed by atoms with van der Waals surface area (Å²) in [5.41, 5.74) is 0. The van der Waals surface area contributed by atoms with Gasteiger partial charge in [-0.25, -0.2) is 0 Å². The number of carbonyl (C=O) groups is 1. The Balaban J connectivity index is 4.43. The molecule has 0 aromatic rings. The fourth-order valence-corrected chi connectivity index (χ4v) is 0. The van der Waals surface area contributed by atoms with Crippen LogP contribution in [0.3, 0.4) is 0 Å². The van der Waals surface area contributed by atoms with E-state index >= 15 is 0 Å². The van der Waals surface area contributed by atoms with Crippen LogP contribution >= 0.6 is 11.6 Å². The summed E-state index contributed by atoms with van der Waals surface area (Å²) in [5.74, 6) is 0. The van der Waals surface area contributed by atoms with Crippen molar-refractivity contribution in [2.45, 2.75) is 0 Å². The SMILES string of the molecule is O=C(Cl)S(=O)(=O)O. The third-order valence-electron chi connectivity index (χ3n) is 0.203. The molecule has 0 aromatic carbocycles. The molecule has 0 unspecified atom stereocenters. The van der Waals surface area contributed by atoms with Gasteiger partial charge in [0.1, 0.15) is 0 Å². The van der Waals surface area contributed by atoms with E-state index < -0.39 is 14.7 Å². The maximum atomic E-state index is 9.41. The smallest absolute Gasteiger partial charge is 0.279 e. The van der Waals surface area contributed by atoms with E-state index in [1.165, 1.54) is 0 Å². The molecular formula is CHClO4S. The van der Waals surface area contributed by atoms with E-state index in [0.717, 1.165) is 0 Å². The second kappa shape index (κ2) is 1.77. The monoisotopic (exact) mass is 144 g/mol. The fraction of sp³-hybridized carbons (Fsp3) is 0. The lowest BCUT2D eigenvalue weighted by atomic mass is 11.8. The predicted molar refractivity (Wildman–Crippen MR) is 22.8 cm³/mol. The topological polar surface area (TPSA) is 71.4 Å². The molecule has 0 aliphatic carbocycles. The molecule has 0 spiro atoms. The zero-order valence-corrected chi connectivity index (χ0v) is 4.53. The van der Waals surface area contributed by atoms with Gasteiger partial charge in [-0.15, -0.1) is 0 Å². The molecule has 6 heteroatoms. The predicted octanol–water partition coefficient (Wildman–Crippen LogP) is 0.233. The van der Waals surface area contributed by atoms with E-state index in [9.17, 15) is 13.2 Å².